The molecule has 1 aliphatic rings. The molecule has 13 heavy (non-hydrogen) atoms. The summed E-state index contributed by atoms with van der Waals surface area (Å²) in [5.41, 5.74) is 2.15. The Kier molecular flexibility index (Phi) is 1.90. The maximum absolute atomic E-state index is 12.4. The van der Waals surface area contributed by atoms with Crippen LogP contribution in [0.1, 0.15) is 36.2 Å². The van der Waals surface area contributed by atoms with Crippen molar-refractivity contribution >= 4 is 5.57 Å². The summed E-state index contributed by atoms with van der Waals surface area (Å²) < 4.78 is 24.8. The Hall–Kier alpha value is -1.19. The lowest BCUT2D eigenvalue weighted by Gasteiger charge is -2.12. The highest BCUT2D eigenvalue weighted by atomic mass is 19.3. The van der Waals surface area contributed by atoms with Gasteiger partial charge in [-0.05, 0) is 24.8 Å². The number of nitrogens with zero attached hydrogens (tertiary/aromatic N) is 1. The van der Waals surface area contributed by atoms with Gasteiger partial charge in [0.1, 0.15) is 5.69 Å². The Bertz CT molecular complexity index is 341. The lowest BCUT2D eigenvalue weighted by molar-refractivity contribution is 0.145. The predicted molar refractivity (Wildman–Crippen MR) is 45.5 cm³/mol. The molecule has 0 atom stereocenters. The standard InChI is InChI=1S/C9H10F2N2/c1-5-3-2-4-6-7(5)12-13-8(6)9(10)11/h9H,1-4H2,(H,12,13). The fourth-order valence-electron chi connectivity index (χ4n) is 1.70. The molecule has 0 spiro atoms. The van der Waals surface area contributed by atoms with E-state index in [1.54, 1.807) is 0 Å². The van der Waals surface area contributed by atoms with Gasteiger partial charge in [0.05, 0.1) is 5.69 Å². The summed E-state index contributed by atoms with van der Waals surface area (Å²) in [5, 5.41) is 6.24. The number of aromatic nitrogens is 2. The third-order valence-electron chi connectivity index (χ3n) is 2.36. The van der Waals surface area contributed by atoms with E-state index in [0.29, 0.717) is 17.7 Å². The number of aromatic amines is 1. The van der Waals surface area contributed by atoms with Crippen molar-refractivity contribution in [2.24, 2.45) is 0 Å². The maximum atomic E-state index is 12.4. The van der Waals surface area contributed by atoms with Crippen LogP contribution in [0.3, 0.4) is 0 Å². The van der Waals surface area contributed by atoms with Crippen LogP contribution in [0.25, 0.3) is 5.57 Å². The monoisotopic (exact) mass is 184 g/mol. The highest BCUT2D eigenvalue weighted by Crippen LogP contribution is 2.33. The summed E-state index contributed by atoms with van der Waals surface area (Å²) in [5.74, 6) is 0. The van der Waals surface area contributed by atoms with Crippen molar-refractivity contribution in [1.29, 1.82) is 0 Å². The summed E-state index contributed by atoms with van der Waals surface area (Å²) >= 11 is 0. The fraction of sp³-hybridized carbons (Fsp3) is 0.444. The number of nitrogens with one attached hydrogen (secondary N) is 1. The Morgan fingerprint density at radius 1 is 1.38 bits per heavy atom. The van der Waals surface area contributed by atoms with Crippen LogP contribution in [-0.2, 0) is 6.42 Å². The second-order valence-corrected chi connectivity index (χ2v) is 3.22. The number of fused-ring (bicyclic) bond motifs is 1. The van der Waals surface area contributed by atoms with E-state index in [4.69, 9.17) is 0 Å². The van der Waals surface area contributed by atoms with Crippen LogP contribution in [0.2, 0.25) is 0 Å². The van der Waals surface area contributed by atoms with Crippen molar-refractivity contribution in [2.75, 3.05) is 0 Å². The van der Waals surface area contributed by atoms with E-state index in [1.807, 2.05) is 0 Å². The minimum Gasteiger partial charge on any atom is -0.276 e. The van der Waals surface area contributed by atoms with Crippen LogP contribution < -0.4 is 0 Å². The molecule has 0 bridgehead atoms. The summed E-state index contributed by atoms with van der Waals surface area (Å²) in [6.07, 6.45) is -0.0157. The van der Waals surface area contributed by atoms with Gasteiger partial charge in [0, 0.05) is 5.56 Å². The molecule has 1 aliphatic carbocycles. The van der Waals surface area contributed by atoms with Gasteiger partial charge >= 0.3 is 0 Å². The smallest absolute Gasteiger partial charge is 0.276 e. The summed E-state index contributed by atoms with van der Waals surface area (Å²) in [6, 6.07) is 0. The largest absolute Gasteiger partial charge is 0.280 e. The molecule has 70 valence electrons. The molecule has 0 aromatic carbocycles. The second kappa shape index (κ2) is 2.94. The molecule has 0 unspecified atom stereocenters. The zero-order valence-electron chi connectivity index (χ0n) is 7.11. The van der Waals surface area contributed by atoms with Crippen LogP contribution in [-0.4, -0.2) is 10.2 Å². The van der Waals surface area contributed by atoms with Crippen molar-refractivity contribution in [1.82, 2.24) is 10.2 Å². The molecule has 2 rings (SSSR count). The zero-order valence-corrected chi connectivity index (χ0v) is 7.11. The molecule has 1 aromatic rings. The van der Waals surface area contributed by atoms with E-state index in [2.05, 4.69) is 16.8 Å². The summed E-state index contributed by atoms with van der Waals surface area (Å²) in [4.78, 5) is 0. The quantitative estimate of drug-likeness (QED) is 0.714. The van der Waals surface area contributed by atoms with Crippen LogP contribution in [0.4, 0.5) is 8.78 Å². The summed E-state index contributed by atoms with van der Waals surface area (Å²) in [7, 11) is 0. The Labute approximate surface area is 74.7 Å². The normalized spacial score (nSPS) is 16.4. The molecule has 4 heteroatoms. The number of rotatable bonds is 1. The number of hydrogen-bond acceptors (Lipinski definition) is 1. The predicted octanol–water partition coefficient (Wildman–Crippen LogP) is 2.70. The first-order valence-electron chi connectivity index (χ1n) is 4.23. The average Bonchev–Trinajstić information content (AvgIpc) is 2.48. The van der Waals surface area contributed by atoms with E-state index in [9.17, 15) is 8.78 Å². The number of hydrogen-bond donors (Lipinski definition) is 1. The number of alkyl halides is 2. The molecule has 2 nitrogen and oxygen atoms in total. The van der Waals surface area contributed by atoms with Gasteiger partial charge in [-0.1, -0.05) is 6.58 Å². The Balaban J connectivity index is 2.47. The van der Waals surface area contributed by atoms with Gasteiger partial charge in [0.2, 0.25) is 0 Å². The molecule has 1 heterocycles. The third kappa shape index (κ3) is 1.26. The molecular weight excluding hydrogens is 174 g/mol. The van der Waals surface area contributed by atoms with E-state index < -0.39 is 6.43 Å². The first kappa shape index (κ1) is 8.41. The van der Waals surface area contributed by atoms with Crippen molar-refractivity contribution in [2.45, 2.75) is 25.7 Å². The van der Waals surface area contributed by atoms with Crippen molar-refractivity contribution in [3.05, 3.63) is 23.5 Å². The van der Waals surface area contributed by atoms with E-state index >= 15 is 0 Å². The lowest BCUT2D eigenvalue weighted by Crippen LogP contribution is -2.01. The van der Waals surface area contributed by atoms with Gasteiger partial charge in [-0.2, -0.15) is 5.10 Å². The third-order valence-corrected chi connectivity index (χ3v) is 2.36. The van der Waals surface area contributed by atoms with Crippen LogP contribution >= 0.6 is 0 Å². The van der Waals surface area contributed by atoms with Crippen LogP contribution in [0.15, 0.2) is 6.58 Å². The first-order chi connectivity index (χ1) is 6.20. The summed E-state index contributed by atoms with van der Waals surface area (Å²) in [6.45, 7) is 3.80. The van der Waals surface area contributed by atoms with Gasteiger partial charge in [0.25, 0.3) is 6.43 Å². The molecule has 0 saturated heterocycles. The van der Waals surface area contributed by atoms with Gasteiger partial charge in [-0.25, -0.2) is 8.78 Å². The second-order valence-electron chi connectivity index (χ2n) is 3.22. The van der Waals surface area contributed by atoms with Crippen molar-refractivity contribution in [3.8, 4) is 0 Å². The Morgan fingerprint density at radius 3 is 2.85 bits per heavy atom. The minimum absolute atomic E-state index is 0.0316. The highest BCUT2D eigenvalue weighted by molar-refractivity contribution is 5.65. The molecule has 0 amide bonds. The molecule has 0 aliphatic heterocycles. The number of H-pyrrole nitrogens is 1. The molecule has 0 saturated carbocycles. The molecule has 0 radical (unpaired) electrons. The highest BCUT2D eigenvalue weighted by Gasteiger charge is 2.23. The fourth-order valence-corrected chi connectivity index (χ4v) is 1.70. The molecule has 1 N–H and O–H groups in total. The van der Waals surface area contributed by atoms with Crippen LogP contribution in [0.5, 0.6) is 0 Å². The van der Waals surface area contributed by atoms with Gasteiger partial charge in [0.15, 0.2) is 0 Å². The van der Waals surface area contributed by atoms with Crippen molar-refractivity contribution < 1.29 is 8.78 Å². The topological polar surface area (TPSA) is 28.7 Å². The number of allylic oxidation sites excluding steroid dienone is 1. The van der Waals surface area contributed by atoms with Gasteiger partial charge < -0.3 is 0 Å². The lowest BCUT2D eigenvalue weighted by atomic mass is 9.92. The van der Waals surface area contributed by atoms with Crippen LogP contribution in [0, 0.1) is 0 Å². The SMILES string of the molecule is C=C1CCCc2c1n[nH]c2C(F)F. The van der Waals surface area contributed by atoms with E-state index in [0.717, 1.165) is 18.4 Å². The molecule has 1 aromatic heterocycles. The maximum Gasteiger partial charge on any atom is 0.280 e. The Morgan fingerprint density at radius 2 is 2.15 bits per heavy atom. The van der Waals surface area contributed by atoms with Crippen molar-refractivity contribution in [3.63, 3.8) is 0 Å². The van der Waals surface area contributed by atoms with Gasteiger partial charge in [-0.15, -0.1) is 0 Å². The number of halogens is 2. The zero-order chi connectivity index (χ0) is 9.42. The average molecular weight is 184 g/mol. The minimum atomic E-state index is -2.46. The van der Waals surface area contributed by atoms with E-state index in [1.165, 1.54) is 0 Å². The first-order valence-corrected chi connectivity index (χ1v) is 4.23. The molecule has 0 fully saturated rings. The van der Waals surface area contributed by atoms with Gasteiger partial charge in [-0.3, -0.25) is 5.10 Å². The molecular formula is C9H10F2N2. The van der Waals surface area contributed by atoms with E-state index in [-0.39, 0.29) is 5.69 Å².